The Bertz CT molecular complexity index is 712. The molecule has 2 aromatic heterocycles. The molecule has 0 saturated heterocycles. The number of benzene rings is 1. The summed E-state index contributed by atoms with van der Waals surface area (Å²) in [6.07, 6.45) is 4.84. The highest BCUT2D eigenvalue weighted by Gasteiger charge is 2.10. The van der Waals surface area contributed by atoms with Crippen LogP contribution in [0.2, 0.25) is 0 Å². The maximum Gasteiger partial charge on any atom is 0.323 e. The molecule has 0 bridgehead atoms. The van der Waals surface area contributed by atoms with E-state index in [2.05, 4.69) is 4.98 Å². The molecule has 3 rings (SSSR count). The molecule has 0 unspecified atom stereocenters. The maximum atomic E-state index is 10.6. The van der Waals surface area contributed by atoms with Crippen LogP contribution in [0.15, 0.2) is 47.5 Å². The summed E-state index contributed by atoms with van der Waals surface area (Å²) in [5, 5.41) is 9.68. The van der Waals surface area contributed by atoms with Gasteiger partial charge in [0.2, 0.25) is 0 Å². The number of nitrogens with zero attached hydrogens (tertiary/aromatic N) is 2. The lowest BCUT2D eigenvalue weighted by Gasteiger charge is -1.94. The molecular formula is C13H10N2O3. The number of carboxylic acid groups (broad SMARTS) is 1. The van der Waals surface area contributed by atoms with Gasteiger partial charge >= 0.3 is 5.97 Å². The van der Waals surface area contributed by atoms with Gasteiger partial charge in [-0.2, -0.15) is 0 Å². The van der Waals surface area contributed by atoms with Crippen LogP contribution < -0.4 is 0 Å². The number of furan rings is 1. The number of hydrogen-bond donors (Lipinski definition) is 1. The van der Waals surface area contributed by atoms with Crippen molar-refractivity contribution in [2.24, 2.45) is 0 Å². The van der Waals surface area contributed by atoms with Crippen molar-refractivity contribution in [2.75, 3.05) is 0 Å². The predicted molar refractivity (Wildman–Crippen MR) is 65.1 cm³/mol. The maximum absolute atomic E-state index is 10.6. The van der Waals surface area contributed by atoms with Crippen molar-refractivity contribution < 1.29 is 14.3 Å². The zero-order valence-corrected chi connectivity index (χ0v) is 9.41. The zero-order chi connectivity index (χ0) is 12.5. The molecule has 0 radical (unpaired) electrons. The van der Waals surface area contributed by atoms with Gasteiger partial charge in [0, 0.05) is 17.1 Å². The number of aliphatic carboxylic acids is 1. The molecule has 90 valence electrons. The molecular weight excluding hydrogens is 232 g/mol. The molecule has 3 aromatic rings. The quantitative estimate of drug-likeness (QED) is 0.765. The van der Waals surface area contributed by atoms with Crippen LogP contribution in [0.5, 0.6) is 0 Å². The smallest absolute Gasteiger partial charge is 0.323 e. The van der Waals surface area contributed by atoms with Crippen LogP contribution in [0.4, 0.5) is 0 Å². The normalized spacial score (nSPS) is 10.9. The second kappa shape index (κ2) is 4.03. The largest absolute Gasteiger partial charge is 0.480 e. The van der Waals surface area contributed by atoms with Crippen LogP contribution in [0, 0.1) is 0 Å². The van der Waals surface area contributed by atoms with Crippen molar-refractivity contribution in [1.29, 1.82) is 0 Å². The molecule has 0 spiro atoms. The standard InChI is InChI=1S/C13H10N2O3/c16-13(17)6-15-5-11(14-8-15)10-7-18-12-4-2-1-3-9(10)12/h1-5,7-8H,6H2,(H,16,17). The van der Waals surface area contributed by atoms with Gasteiger partial charge in [-0.05, 0) is 6.07 Å². The molecule has 1 N–H and O–H groups in total. The van der Waals surface area contributed by atoms with Gasteiger partial charge in [-0.3, -0.25) is 4.79 Å². The van der Waals surface area contributed by atoms with E-state index in [0.717, 1.165) is 16.5 Å². The fourth-order valence-electron chi connectivity index (χ4n) is 1.92. The molecule has 18 heavy (non-hydrogen) atoms. The fourth-order valence-corrected chi connectivity index (χ4v) is 1.92. The number of carboxylic acids is 1. The Morgan fingerprint density at radius 1 is 1.39 bits per heavy atom. The second-order valence-corrected chi connectivity index (χ2v) is 3.97. The fraction of sp³-hybridized carbons (Fsp3) is 0.0769. The van der Waals surface area contributed by atoms with E-state index in [1.165, 1.54) is 10.9 Å². The zero-order valence-electron chi connectivity index (χ0n) is 9.41. The summed E-state index contributed by atoms with van der Waals surface area (Å²) in [7, 11) is 0. The first-order valence-electron chi connectivity index (χ1n) is 5.44. The average molecular weight is 242 g/mol. The third-order valence-corrected chi connectivity index (χ3v) is 2.71. The first kappa shape index (κ1) is 10.6. The Hall–Kier alpha value is -2.56. The summed E-state index contributed by atoms with van der Waals surface area (Å²) in [4.78, 5) is 14.8. The van der Waals surface area contributed by atoms with Crippen molar-refractivity contribution in [3.8, 4) is 11.3 Å². The van der Waals surface area contributed by atoms with Gasteiger partial charge < -0.3 is 14.1 Å². The number of fused-ring (bicyclic) bond motifs is 1. The monoisotopic (exact) mass is 242 g/mol. The van der Waals surface area contributed by atoms with E-state index >= 15 is 0 Å². The Kier molecular flexibility index (Phi) is 2.37. The Morgan fingerprint density at radius 3 is 3.06 bits per heavy atom. The van der Waals surface area contributed by atoms with Gasteiger partial charge in [0.05, 0.1) is 12.0 Å². The van der Waals surface area contributed by atoms with E-state index in [1.807, 2.05) is 24.3 Å². The Morgan fingerprint density at radius 2 is 2.22 bits per heavy atom. The predicted octanol–water partition coefficient (Wildman–Crippen LogP) is 2.38. The van der Waals surface area contributed by atoms with E-state index < -0.39 is 5.97 Å². The van der Waals surface area contributed by atoms with Gasteiger partial charge in [0.25, 0.3) is 0 Å². The van der Waals surface area contributed by atoms with Crippen LogP contribution in [0.3, 0.4) is 0 Å². The highest BCUT2D eigenvalue weighted by molar-refractivity contribution is 5.92. The molecule has 0 aliphatic heterocycles. The lowest BCUT2D eigenvalue weighted by atomic mass is 10.1. The summed E-state index contributed by atoms with van der Waals surface area (Å²) in [6.45, 7) is -0.0945. The van der Waals surface area contributed by atoms with Crippen molar-refractivity contribution >= 4 is 16.9 Å². The van der Waals surface area contributed by atoms with Crippen molar-refractivity contribution in [1.82, 2.24) is 9.55 Å². The molecule has 5 nitrogen and oxygen atoms in total. The van der Waals surface area contributed by atoms with Gasteiger partial charge in [-0.25, -0.2) is 4.98 Å². The highest BCUT2D eigenvalue weighted by atomic mass is 16.4. The van der Waals surface area contributed by atoms with E-state index in [0.29, 0.717) is 5.69 Å². The third kappa shape index (κ3) is 1.75. The number of imidazole rings is 1. The summed E-state index contributed by atoms with van der Waals surface area (Å²) in [5.74, 6) is -0.893. The Labute approximate surface area is 102 Å². The average Bonchev–Trinajstić information content (AvgIpc) is 2.94. The van der Waals surface area contributed by atoms with Gasteiger partial charge in [0.1, 0.15) is 18.4 Å². The number of hydrogen-bond acceptors (Lipinski definition) is 3. The van der Waals surface area contributed by atoms with Gasteiger partial charge in [0.15, 0.2) is 0 Å². The first-order chi connectivity index (χ1) is 8.74. The number of aromatic nitrogens is 2. The number of rotatable bonds is 3. The van der Waals surface area contributed by atoms with E-state index in [1.54, 1.807) is 12.5 Å². The van der Waals surface area contributed by atoms with Crippen LogP contribution in [-0.2, 0) is 11.3 Å². The van der Waals surface area contributed by atoms with Gasteiger partial charge in [-0.15, -0.1) is 0 Å². The lowest BCUT2D eigenvalue weighted by molar-refractivity contribution is -0.137. The van der Waals surface area contributed by atoms with Gasteiger partial charge in [-0.1, -0.05) is 18.2 Å². The minimum Gasteiger partial charge on any atom is -0.480 e. The van der Waals surface area contributed by atoms with E-state index in [-0.39, 0.29) is 6.54 Å². The van der Waals surface area contributed by atoms with Crippen LogP contribution in [0.25, 0.3) is 22.2 Å². The molecule has 0 atom stereocenters. The topological polar surface area (TPSA) is 68.3 Å². The molecule has 0 aliphatic rings. The molecule has 1 aromatic carbocycles. The van der Waals surface area contributed by atoms with Crippen molar-refractivity contribution in [3.63, 3.8) is 0 Å². The van der Waals surface area contributed by atoms with E-state index in [9.17, 15) is 4.79 Å². The first-order valence-corrected chi connectivity index (χ1v) is 5.44. The minimum atomic E-state index is -0.893. The molecule has 0 saturated carbocycles. The molecule has 0 amide bonds. The van der Waals surface area contributed by atoms with Crippen molar-refractivity contribution in [2.45, 2.75) is 6.54 Å². The minimum absolute atomic E-state index is 0.0945. The lowest BCUT2D eigenvalue weighted by Crippen LogP contribution is -2.06. The van der Waals surface area contributed by atoms with Crippen molar-refractivity contribution in [3.05, 3.63) is 43.1 Å². The third-order valence-electron chi connectivity index (χ3n) is 2.71. The molecule has 5 heteroatoms. The van der Waals surface area contributed by atoms with E-state index in [4.69, 9.17) is 9.52 Å². The molecule has 0 fully saturated rings. The SMILES string of the molecule is O=C(O)Cn1cnc(-c2coc3ccccc23)c1. The summed E-state index contributed by atoms with van der Waals surface area (Å²) in [6, 6.07) is 7.66. The molecule has 2 heterocycles. The second-order valence-electron chi connectivity index (χ2n) is 3.97. The number of para-hydroxylation sites is 1. The highest BCUT2D eigenvalue weighted by Crippen LogP contribution is 2.28. The van der Waals surface area contributed by atoms with Crippen LogP contribution in [0.1, 0.15) is 0 Å². The number of carbonyl (C=O) groups is 1. The molecule has 0 aliphatic carbocycles. The summed E-state index contributed by atoms with van der Waals surface area (Å²) >= 11 is 0. The summed E-state index contributed by atoms with van der Waals surface area (Å²) in [5.41, 5.74) is 2.37. The summed E-state index contributed by atoms with van der Waals surface area (Å²) < 4.78 is 6.96. The Balaban J connectivity index is 2.04. The van der Waals surface area contributed by atoms with Crippen LogP contribution in [-0.4, -0.2) is 20.6 Å². The van der Waals surface area contributed by atoms with Crippen LogP contribution >= 0.6 is 0 Å².